The van der Waals surface area contributed by atoms with Crippen molar-refractivity contribution in [3.05, 3.63) is 11.5 Å². The number of nitrogens with one attached hydrogen (secondary N) is 2. The van der Waals surface area contributed by atoms with Crippen LogP contribution >= 0.6 is 11.6 Å². The van der Waals surface area contributed by atoms with Crippen LogP contribution in [0.25, 0.3) is 11.0 Å². The molecule has 0 aromatic carbocycles. The van der Waals surface area contributed by atoms with E-state index in [1.54, 1.807) is 25.2 Å². The molecule has 0 saturated carbocycles. The van der Waals surface area contributed by atoms with E-state index in [0.29, 0.717) is 11.5 Å². The quantitative estimate of drug-likeness (QED) is 0.764. The maximum Gasteiger partial charge on any atom is 0.239 e. The van der Waals surface area contributed by atoms with E-state index in [2.05, 4.69) is 25.5 Å². The van der Waals surface area contributed by atoms with Crippen molar-refractivity contribution in [2.75, 3.05) is 25.5 Å². The Morgan fingerprint density at radius 3 is 3.06 bits per heavy atom. The highest BCUT2D eigenvalue weighted by Crippen LogP contribution is 2.22. The molecule has 90 valence electrons. The number of likely N-dealkylation sites (N-methyl/N-ethyl adjacent to an activating group) is 2. The second-order valence-electron chi connectivity index (χ2n) is 3.48. The van der Waals surface area contributed by atoms with Crippen LogP contribution in [0.3, 0.4) is 0 Å². The first-order valence-corrected chi connectivity index (χ1v) is 5.28. The van der Waals surface area contributed by atoms with Gasteiger partial charge in [-0.25, -0.2) is 0 Å². The second kappa shape index (κ2) is 4.54. The molecule has 0 atom stereocenters. The predicted octanol–water partition coefficient (Wildman–Crippen LogP) is 0.188. The summed E-state index contributed by atoms with van der Waals surface area (Å²) in [5, 5.41) is 9.96. The lowest BCUT2D eigenvalue weighted by Crippen LogP contribution is -2.33. The fraction of sp³-hybridized carbons (Fsp3) is 0.333. The van der Waals surface area contributed by atoms with E-state index >= 15 is 0 Å². The summed E-state index contributed by atoms with van der Waals surface area (Å²) in [6, 6.07) is 0. The third-order valence-electron chi connectivity index (χ3n) is 2.28. The minimum atomic E-state index is -0.112. The maximum absolute atomic E-state index is 11.3. The molecule has 2 aromatic heterocycles. The number of carbonyl (C=O) groups is 1. The Hall–Kier alpha value is -1.89. The number of aromatic nitrogens is 4. The van der Waals surface area contributed by atoms with E-state index in [4.69, 9.17) is 11.6 Å². The van der Waals surface area contributed by atoms with Crippen molar-refractivity contribution >= 4 is 34.4 Å². The number of fused-ring (bicyclic) bond motifs is 1. The zero-order valence-corrected chi connectivity index (χ0v) is 10.1. The minimum Gasteiger partial charge on any atom is -0.358 e. The highest BCUT2D eigenvalue weighted by molar-refractivity contribution is 6.28. The highest BCUT2D eigenvalue weighted by atomic mass is 35.5. The Kier molecular flexibility index (Phi) is 3.10. The van der Waals surface area contributed by atoms with Crippen LogP contribution in [0.15, 0.2) is 6.20 Å². The smallest absolute Gasteiger partial charge is 0.239 e. The maximum atomic E-state index is 11.3. The van der Waals surface area contributed by atoms with Gasteiger partial charge in [-0.05, 0) is 11.6 Å². The van der Waals surface area contributed by atoms with Gasteiger partial charge in [-0.15, -0.1) is 0 Å². The van der Waals surface area contributed by atoms with E-state index in [-0.39, 0.29) is 17.7 Å². The molecule has 0 fully saturated rings. The van der Waals surface area contributed by atoms with Gasteiger partial charge in [-0.2, -0.15) is 15.1 Å². The van der Waals surface area contributed by atoms with Crippen molar-refractivity contribution in [3.8, 4) is 0 Å². The lowest BCUT2D eigenvalue weighted by Gasteiger charge is -2.17. The molecule has 17 heavy (non-hydrogen) atoms. The lowest BCUT2D eigenvalue weighted by molar-refractivity contribution is -0.119. The second-order valence-corrected chi connectivity index (χ2v) is 3.82. The van der Waals surface area contributed by atoms with Gasteiger partial charge in [-0.3, -0.25) is 9.89 Å². The first kappa shape index (κ1) is 11.6. The molecule has 2 N–H and O–H groups in total. The van der Waals surface area contributed by atoms with Crippen molar-refractivity contribution in [1.82, 2.24) is 25.5 Å². The number of H-pyrrole nitrogens is 1. The summed E-state index contributed by atoms with van der Waals surface area (Å²) >= 11 is 5.80. The molecule has 0 aliphatic rings. The van der Waals surface area contributed by atoms with Gasteiger partial charge in [0.1, 0.15) is 5.82 Å². The van der Waals surface area contributed by atoms with E-state index in [0.717, 1.165) is 5.39 Å². The molecule has 0 bridgehead atoms. The van der Waals surface area contributed by atoms with Gasteiger partial charge >= 0.3 is 0 Å². The Morgan fingerprint density at radius 1 is 1.59 bits per heavy atom. The molecule has 8 heteroatoms. The number of rotatable bonds is 3. The number of nitrogens with zero attached hydrogens (tertiary/aromatic N) is 4. The number of hydrogen-bond donors (Lipinski definition) is 2. The summed E-state index contributed by atoms with van der Waals surface area (Å²) in [4.78, 5) is 21.1. The molecule has 2 heterocycles. The third kappa shape index (κ3) is 2.28. The predicted molar refractivity (Wildman–Crippen MR) is 64.0 cm³/mol. The molecular weight excluding hydrogens is 244 g/mol. The van der Waals surface area contributed by atoms with E-state index in [9.17, 15) is 4.79 Å². The van der Waals surface area contributed by atoms with Gasteiger partial charge in [0.25, 0.3) is 0 Å². The summed E-state index contributed by atoms with van der Waals surface area (Å²) < 4.78 is 0. The standard InChI is InChI=1S/C9H11ClN6O/c1-11-6(17)4-16(2)8-5-3-12-15-7(5)13-9(10)14-8/h3H,4H2,1-2H3,(H,11,17)(H,12,13,14,15). The van der Waals surface area contributed by atoms with E-state index in [1.807, 2.05) is 0 Å². The van der Waals surface area contributed by atoms with Crippen LogP contribution in [-0.4, -0.2) is 46.7 Å². The van der Waals surface area contributed by atoms with E-state index in [1.165, 1.54) is 0 Å². The molecule has 0 saturated heterocycles. The van der Waals surface area contributed by atoms with Crippen LogP contribution in [0.4, 0.5) is 5.82 Å². The minimum absolute atomic E-state index is 0.112. The van der Waals surface area contributed by atoms with Crippen LogP contribution in [0, 0.1) is 0 Å². The first-order chi connectivity index (χ1) is 8.11. The Balaban J connectivity index is 2.39. The molecule has 7 nitrogen and oxygen atoms in total. The average molecular weight is 255 g/mol. The van der Waals surface area contributed by atoms with Gasteiger partial charge in [0.2, 0.25) is 11.2 Å². The molecule has 0 aliphatic carbocycles. The van der Waals surface area contributed by atoms with Crippen molar-refractivity contribution in [2.24, 2.45) is 0 Å². The number of anilines is 1. The number of amides is 1. The molecule has 0 radical (unpaired) electrons. The third-order valence-corrected chi connectivity index (χ3v) is 2.45. The average Bonchev–Trinajstić information content (AvgIpc) is 2.75. The molecule has 2 aromatic rings. The van der Waals surface area contributed by atoms with Crippen LogP contribution in [0.1, 0.15) is 0 Å². The van der Waals surface area contributed by atoms with Crippen molar-refractivity contribution in [3.63, 3.8) is 0 Å². The summed E-state index contributed by atoms with van der Waals surface area (Å²) in [6.45, 7) is 0.185. The fourth-order valence-corrected chi connectivity index (χ4v) is 1.62. The SMILES string of the molecule is CNC(=O)CN(C)c1nc(Cl)nc2[nH]ncc12. The lowest BCUT2D eigenvalue weighted by atomic mass is 10.3. The number of halogens is 1. The monoisotopic (exact) mass is 254 g/mol. The van der Waals surface area contributed by atoms with Crippen LogP contribution < -0.4 is 10.2 Å². The number of carbonyl (C=O) groups excluding carboxylic acids is 1. The molecular formula is C9H11ClN6O. The zero-order valence-electron chi connectivity index (χ0n) is 9.36. The van der Waals surface area contributed by atoms with Crippen molar-refractivity contribution < 1.29 is 4.79 Å². The van der Waals surface area contributed by atoms with Gasteiger partial charge in [0.05, 0.1) is 18.1 Å². The Bertz CT molecular complexity index is 553. The Labute approximate surface area is 102 Å². The molecule has 0 spiro atoms. The zero-order chi connectivity index (χ0) is 12.4. The number of aromatic amines is 1. The molecule has 2 rings (SSSR count). The highest BCUT2D eigenvalue weighted by Gasteiger charge is 2.14. The largest absolute Gasteiger partial charge is 0.358 e. The van der Waals surface area contributed by atoms with Crippen LogP contribution in [0.2, 0.25) is 5.28 Å². The van der Waals surface area contributed by atoms with Gasteiger partial charge in [-0.1, -0.05) is 0 Å². The molecule has 1 amide bonds. The first-order valence-electron chi connectivity index (χ1n) is 4.90. The fourth-order valence-electron chi connectivity index (χ4n) is 1.45. The normalized spacial score (nSPS) is 10.5. The molecule has 0 unspecified atom stereocenters. The van der Waals surface area contributed by atoms with Crippen LogP contribution in [0.5, 0.6) is 0 Å². The van der Waals surface area contributed by atoms with E-state index < -0.39 is 0 Å². The van der Waals surface area contributed by atoms with Crippen LogP contribution in [-0.2, 0) is 4.79 Å². The van der Waals surface area contributed by atoms with Crippen molar-refractivity contribution in [1.29, 1.82) is 0 Å². The summed E-state index contributed by atoms with van der Waals surface area (Å²) in [5.41, 5.74) is 0.545. The van der Waals surface area contributed by atoms with Gasteiger partial charge < -0.3 is 10.2 Å². The summed E-state index contributed by atoms with van der Waals surface area (Å²) in [6.07, 6.45) is 1.60. The Morgan fingerprint density at radius 2 is 2.35 bits per heavy atom. The van der Waals surface area contributed by atoms with Gasteiger partial charge in [0.15, 0.2) is 5.65 Å². The molecule has 0 aliphatic heterocycles. The number of hydrogen-bond acceptors (Lipinski definition) is 5. The topological polar surface area (TPSA) is 86.8 Å². The summed E-state index contributed by atoms with van der Waals surface area (Å²) in [5.74, 6) is 0.455. The van der Waals surface area contributed by atoms with Crippen molar-refractivity contribution in [2.45, 2.75) is 0 Å². The summed E-state index contributed by atoms with van der Waals surface area (Å²) in [7, 11) is 3.33. The van der Waals surface area contributed by atoms with Gasteiger partial charge in [0, 0.05) is 14.1 Å².